The molecule has 2 fully saturated rings. The molecule has 0 aliphatic carbocycles. The van der Waals surface area contributed by atoms with Crippen LogP contribution < -0.4 is 20.3 Å². The van der Waals surface area contributed by atoms with E-state index in [1.165, 1.54) is 5.69 Å². The molecule has 2 saturated heterocycles. The number of carbonyl (C=O) groups is 2. The number of amides is 2. The topological polar surface area (TPSA) is 90.0 Å². The van der Waals surface area contributed by atoms with Crippen LogP contribution in [-0.4, -0.2) is 86.1 Å². The van der Waals surface area contributed by atoms with Crippen molar-refractivity contribution < 1.29 is 14.3 Å². The number of aromatic nitrogens is 1. The van der Waals surface area contributed by atoms with Crippen LogP contribution in [0.4, 0.5) is 5.69 Å². The zero-order valence-corrected chi connectivity index (χ0v) is 23.1. The SMILES string of the molecule is CN(Cc1cccnc1)C(=O)C[C@@H]1CCN2C[C@@H]1CCCOc1ccc(N3CCNCC3)cc1CNCC2=O. The number of pyridine rings is 1. The summed E-state index contributed by atoms with van der Waals surface area (Å²) in [5.41, 5.74) is 3.33. The fraction of sp³-hybridized carbons (Fsp3) is 0.567. The largest absolute Gasteiger partial charge is 0.493 e. The molecule has 2 bridgehead atoms. The average Bonchev–Trinajstić information content (AvgIpc) is 2.97. The van der Waals surface area contributed by atoms with Gasteiger partial charge in [0, 0.05) is 89.5 Å². The summed E-state index contributed by atoms with van der Waals surface area (Å²) in [5, 5.41) is 6.78. The third-order valence-corrected chi connectivity index (χ3v) is 8.34. The Kier molecular flexibility index (Phi) is 9.32. The van der Waals surface area contributed by atoms with Crippen LogP contribution in [0.3, 0.4) is 0 Å². The van der Waals surface area contributed by atoms with Gasteiger partial charge in [-0.05, 0) is 60.9 Å². The smallest absolute Gasteiger partial charge is 0.236 e. The van der Waals surface area contributed by atoms with Gasteiger partial charge in [-0.1, -0.05) is 6.07 Å². The summed E-state index contributed by atoms with van der Waals surface area (Å²) in [7, 11) is 1.86. The third-order valence-electron chi connectivity index (χ3n) is 8.34. The van der Waals surface area contributed by atoms with Crippen LogP contribution in [0.25, 0.3) is 0 Å². The van der Waals surface area contributed by atoms with E-state index < -0.39 is 0 Å². The molecule has 39 heavy (non-hydrogen) atoms. The van der Waals surface area contributed by atoms with Crippen molar-refractivity contribution >= 4 is 17.5 Å². The molecule has 2 amide bonds. The van der Waals surface area contributed by atoms with Gasteiger partial charge in [0.05, 0.1) is 13.2 Å². The molecular formula is C30H42N6O3. The molecule has 0 radical (unpaired) electrons. The first-order valence-electron chi connectivity index (χ1n) is 14.4. The van der Waals surface area contributed by atoms with Gasteiger partial charge in [-0.15, -0.1) is 0 Å². The van der Waals surface area contributed by atoms with E-state index in [9.17, 15) is 9.59 Å². The first-order chi connectivity index (χ1) is 19.1. The third kappa shape index (κ3) is 7.28. The summed E-state index contributed by atoms with van der Waals surface area (Å²) < 4.78 is 6.28. The summed E-state index contributed by atoms with van der Waals surface area (Å²) in [5.74, 6) is 1.74. The van der Waals surface area contributed by atoms with Crippen molar-refractivity contribution in [3.63, 3.8) is 0 Å². The van der Waals surface area contributed by atoms with Crippen LogP contribution in [-0.2, 0) is 22.7 Å². The molecule has 2 atom stereocenters. The van der Waals surface area contributed by atoms with Gasteiger partial charge < -0.3 is 30.1 Å². The highest BCUT2D eigenvalue weighted by molar-refractivity contribution is 5.79. The number of nitrogens with zero attached hydrogens (tertiary/aromatic N) is 4. The van der Waals surface area contributed by atoms with Crippen molar-refractivity contribution in [3.8, 4) is 5.75 Å². The quantitative estimate of drug-likeness (QED) is 0.608. The molecule has 1 aromatic carbocycles. The standard InChI is InChI=1S/C30H42N6O3/c1-34(21-23-4-2-9-32-18-23)29(37)17-24-8-12-36-22-25(24)5-3-15-39-28-7-6-27(35-13-10-31-11-14-35)16-26(28)19-33-20-30(36)38/h2,4,6-7,9,16,18,24-25,31,33H,3,5,8,10-15,17,19-22H2,1H3/t24-,25-/m0/s1. The van der Waals surface area contributed by atoms with E-state index >= 15 is 0 Å². The Hall–Kier alpha value is -3.17. The van der Waals surface area contributed by atoms with Gasteiger partial charge >= 0.3 is 0 Å². The average molecular weight is 535 g/mol. The predicted molar refractivity (Wildman–Crippen MR) is 151 cm³/mol. The molecule has 5 rings (SSSR count). The Balaban J connectivity index is 1.22. The number of hydrogen-bond acceptors (Lipinski definition) is 7. The second kappa shape index (κ2) is 13.3. The number of nitrogens with one attached hydrogen (secondary N) is 2. The zero-order chi connectivity index (χ0) is 27.0. The highest BCUT2D eigenvalue weighted by atomic mass is 16.5. The summed E-state index contributed by atoms with van der Waals surface area (Å²) >= 11 is 0. The number of benzene rings is 1. The Labute approximate surface area is 231 Å². The lowest BCUT2D eigenvalue weighted by Gasteiger charge is -2.39. The highest BCUT2D eigenvalue weighted by Crippen LogP contribution is 2.32. The summed E-state index contributed by atoms with van der Waals surface area (Å²) in [4.78, 5) is 36.6. The minimum absolute atomic E-state index is 0.137. The fourth-order valence-corrected chi connectivity index (χ4v) is 6.04. The maximum atomic E-state index is 13.1. The van der Waals surface area contributed by atoms with Gasteiger partial charge in [-0.3, -0.25) is 14.6 Å². The molecule has 0 saturated carbocycles. The molecule has 4 heterocycles. The number of ether oxygens (including phenoxy) is 1. The first kappa shape index (κ1) is 27.4. The maximum Gasteiger partial charge on any atom is 0.236 e. The van der Waals surface area contributed by atoms with Crippen LogP contribution in [0, 0.1) is 11.8 Å². The van der Waals surface area contributed by atoms with Gasteiger partial charge in [-0.2, -0.15) is 0 Å². The predicted octanol–water partition coefficient (Wildman–Crippen LogP) is 2.27. The Morgan fingerprint density at radius 3 is 2.79 bits per heavy atom. The number of anilines is 1. The van der Waals surface area contributed by atoms with Crippen molar-refractivity contribution in [2.45, 2.75) is 38.8 Å². The first-order valence-corrected chi connectivity index (χ1v) is 14.4. The molecule has 9 nitrogen and oxygen atoms in total. The summed E-state index contributed by atoms with van der Waals surface area (Å²) in [6.45, 7) is 7.48. The number of rotatable bonds is 5. The lowest BCUT2D eigenvalue weighted by atomic mass is 9.80. The lowest BCUT2D eigenvalue weighted by molar-refractivity contribution is -0.135. The highest BCUT2D eigenvalue weighted by Gasteiger charge is 2.33. The number of carbonyl (C=O) groups excluding carboxylic acids is 2. The summed E-state index contributed by atoms with van der Waals surface area (Å²) in [6, 6.07) is 10.3. The molecule has 1 aromatic heterocycles. The van der Waals surface area contributed by atoms with Gasteiger partial charge in [0.15, 0.2) is 0 Å². The number of hydrogen-bond donors (Lipinski definition) is 2. The molecule has 3 aliphatic heterocycles. The van der Waals surface area contributed by atoms with Crippen LogP contribution in [0.2, 0.25) is 0 Å². The zero-order valence-electron chi connectivity index (χ0n) is 23.1. The molecule has 0 spiro atoms. The van der Waals surface area contributed by atoms with Crippen LogP contribution in [0.5, 0.6) is 5.75 Å². The molecule has 210 valence electrons. The number of piperazine rings is 1. The normalized spacial score (nSPS) is 22.5. The van der Waals surface area contributed by atoms with E-state index in [4.69, 9.17) is 4.74 Å². The minimum atomic E-state index is 0.137. The van der Waals surface area contributed by atoms with E-state index in [-0.39, 0.29) is 23.7 Å². The van der Waals surface area contributed by atoms with E-state index in [2.05, 4.69) is 38.7 Å². The van der Waals surface area contributed by atoms with Crippen molar-refractivity contribution in [3.05, 3.63) is 53.9 Å². The molecular weight excluding hydrogens is 492 g/mol. The van der Waals surface area contributed by atoms with Gasteiger partial charge in [0.2, 0.25) is 11.8 Å². The number of fused-ring (bicyclic) bond motifs is 3. The van der Waals surface area contributed by atoms with Crippen molar-refractivity contribution in [1.82, 2.24) is 25.4 Å². The second-order valence-corrected chi connectivity index (χ2v) is 11.1. The van der Waals surface area contributed by atoms with Gasteiger partial charge in [0.1, 0.15) is 5.75 Å². The van der Waals surface area contributed by atoms with Crippen molar-refractivity contribution in [2.75, 3.05) is 64.4 Å². The Morgan fingerprint density at radius 1 is 1.10 bits per heavy atom. The fourth-order valence-electron chi connectivity index (χ4n) is 6.04. The molecule has 9 heteroatoms. The van der Waals surface area contributed by atoms with E-state index in [1.807, 2.05) is 24.1 Å². The maximum absolute atomic E-state index is 13.1. The van der Waals surface area contributed by atoms with E-state index in [1.54, 1.807) is 17.3 Å². The summed E-state index contributed by atoms with van der Waals surface area (Å²) in [6.07, 6.45) is 6.76. The van der Waals surface area contributed by atoms with E-state index in [0.29, 0.717) is 45.8 Å². The minimum Gasteiger partial charge on any atom is -0.493 e. The number of piperidine rings is 1. The Bertz CT molecular complexity index is 1110. The molecule has 2 N–H and O–H groups in total. The van der Waals surface area contributed by atoms with Gasteiger partial charge in [0.25, 0.3) is 0 Å². The van der Waals surface area contributed by atoms with Crippen molar-refractivity contribution in [1.29, 1.82) is 0 Å². The van der Waals surface area contributed by atoms with Crippen LogP contribution in [0.1, 0.15) is 36.8 Å². The molecule has 3 aliphatic rings. The molecule has 2 aromatic rings. The Morgan fingerprint density at radius 2 is 1.97 bits per heavy atom. The van der Waals surface area contributed by atoms with Crippen LogP contribution in [0.15, 0.2) is 42.7 Å². The lowest BCUT2D eigenvalue weighted by Crippen LogP contribution is -2.47. The second-order valence-electron chi connectivity index (χ2n) is 11.1. The van der Waals surface area contributed by atoms with E-state index in [0.717, 1.165) is 62.3 Å². The van der Waals surface area contributed by atoms with Crippen molar-refractivity contribution in [2.24, 2.45) is 11.8 Å². The monoisotopic (exact) mass is 534 g/mol. The molecule has 0 unspecified atom stereocenters. The van der Waals surface area contributed by atoms with Gasteiger partial charge in [-0.25, -0.2) is 0 Å². The van der Waals surface area contributed by atoms with Crippen LogP contribution >= 0.6 is 0 Å².